The van der Waals surface area contributed by atoms with E-state index in [0.717, 1.165) is 37.5 Å². The van der Waals surface area contributed by atoms with Crippen molar-refractivity contribution < 1.29 is 37.0 Å². The van der Waals surface area contributed by atoms with Gasteiger partial charge in [0, 0.05) is 26.2 Å². The number of fused-ring (bicyclic) bond motifs is 1. The lowest BCUT2D eigenvalue weighted by atomic mass is 10.2. The number of aliphatic carboxylic acids is 1. The minimum Gasteiger partial charge on any atom is -0.475 e. The Hall–Kier alpha value is -3.75. The molecule has 0 radical (unpaired) electrons. The van der Waals surface area contributed by atoms with E-state index < -0.39 is 12.1 Å². The van der Waals surface area contributed by atoms with Crippen molar-refractivity contribution in [2.45, 2.75) is 45.5 Å². The summed E-state index contributed by atoms with van der Waals surface area (Å²) in [5.74, 6) is -0.555. The van der Waals surface area contributed by atoms with Crippen LogP contribution >= 0.6 is 0 Å². The van der Waals surface area contributed by atoms with Crippen molar-refractivity contribution in [3.05, 3.63) is 29.5 Å². The summed E-state index contributed by atoms with van der Waals surface area (Å²) in [4.78, 5) is 34.7. The Kier molecular flexibility index (Phi) is 7.61. The highest BCUT2D eigenvalue weighted by Crippen LogP contribution is 2.25. The highest BCUT2D eigenvalue weighted by atomic mass is 19.4. The lowest BCUT2D eigenvalue weighted by Crippen LogP contribution is -2.47. The Bertz CT molecular complexity index is 1270. The van der Waals surface area contributed by atoms with Crippen molar-refractivity contribution in [1.29, 1.82) is 0 Å². The highest BCUT2D eigenvalue weighted by Gasteiger charge is 2.38. The number of rotatable bonds is 4. The number of hydrogen-bond acceptors (Lipinski definition) is 9. The molecule has 12 nitrogen and oxygen atoms in total. The maximum absolute atomic E-state index is 12.9. The number of halogens is 3. The van der Waals surface area contributed by atoms with Crippen LogP contribution in [0.1, 0.15) is 34.7 Å². The highest BCUT2D eigenvalue weighted by molar-refractivity contribution is 5.95. The van der Waals surface area contributed by atoms with Gasteiger partial charge < -0.3 is 24.1 Å². The Labute approximate surface area is 209 Å². The van der Waals surface area contributed by atoms with Gasteiger partial charge >= 0.3 is 12.1 Å². The van der Waals surface area contributed by atoms with Crippen molar-refractivity contribution >= 4 is 28.9 Å². The van der Waals surface area contributed by atoms with E-state index in [9.17, 15) is 18.0 Å². The number of ether oxygens (including phenoxy) is 1. The van der Waals surface area contributed by atoms with E-state index in [1.54, 1.807) is 17.1 Å². The Morgan fingerprint density at radius 3 is 2.49 bits per heavy atom. The summed E-state index contributed by atoms with van der Waals surface area (Å²) in [6, 6.07) is 1.80. The number of amides is 1. The zero-order valence-electron chi connectivity index (χ0n) is 20.2. The van der Waals surface area contributed by atoms with Gasteiger partial charge in [-0.25, -0.2) is 19.4 Å². The van der Waals surface area contributed by atoms with E-state index >= 15 is 0 Å². The molecule has 1 unspecified atom stereocenters. The number of morpholine rings is 1. The van der Waals surface area contributed by atoms with Crippen LogP contribution < -0.4 is 4.90 Å². The Morgan fingerprint density at radius 1 is 1.16 bits per heavy atom. The maximum atomic E-state index is 12.9. The van der Waals surface area contributed by atoms with E-state index in [1.165, 1.54) is 0 Å². The average Bonchev–Trinajstić information content (AvgIpc) is 3.59. The number of hydrogen-bond donors (Lipinski definition) is 1. The molecule has 0 aromatic carbocycles. The monoisotopic (exact) mass is 525 g/mol. The van der Waals surface area contributed by atoms with Crippen LogP contribution in [0.25, 0.3) is 11.2 Å². The minimum atomic E-state index is -5.08. The third kappa shape index (κ3) is 5.98. The van der Waals surface area contributed by atoms with Crippen LogP contribution in [-0.4, -0.2) is 91.9 Å². The van der Waals surface area contributed by atoms with Crippen LogP contribution in [0.5, 0.6) is 0 Å². The third-order valence-electron chi connectivity index (χ3n) is 6.00. The quantitative estimate of drug-likeness (QED) is 0.539. The van der Waals surface area contributed by atoms with Crippen molar-refractivity contribution in [2.24, 2.45) is 0 Å². The maximum Gasteiger partial charge on any atom is 0.490 e. The number of nitrogens with zero attached hydrogens (tertiary/aromatic N) is 7. The minimum absolute atomic E-state index is 0.0280. The van der Waals surface area contributed by atoms with Gasteiger partial charge in [-0.1, -0.05) is 5.21 Å². The molecule has 0 aliphatic carbocycles. The fourth-order valence-corrected chi connectivity index (χ4v) is 4.28. The summed E-state index contributed by atoms with van der Waals surface area (Å²) in [5, 5.41) is 15.8. The van der Waals surface area contributed by atoms with Crippen LogP contribution in [0.4, 0.5) is 19.0 Å². The Balaban J connectivity index is 0.000000405. The third-order valence-corrected chi connectivity index (χ3v) is 6.00. The number of carbonyl (C=O) groups excluding carboxylic acids is 1. The molecule has 0 bridgehead atoms. The number of carboxylic acids is 1. The van der Waals surface area contributed by atoms with E-state index in [2.05, 4.69) is 25.2 Å². The van der Waals surface area contributed by atoms with Crippen molar-refractivity contribution in [2.75, 3.05) is 37.7 Å². The predicted octanol–water partition coefficient (Wildman–Crippen LogP) is 2.21. The molecule has 2 saturated heterocycles. The molecule has 200 valence electrons. The van der Waals surface area contributed by atoms with Gasteiger partial charge in [-0.05, 0) is 32.8 Å². The van der Waals surface area contributed by atoms with Crippen molar-refractivity contribution in [3.63, 3.8) is 0 Å². The summed E-state index contributed by atoms with van der Waals surface area (Å²) in [6.45, 7) is 7.61. The number of aryl methyl sites for hydroxylation is 2. The standard InChI is InChI=1S/C20H25N7O3.C2HF3O2/c1-13-9-16(14(2)30-13)20(28)26-7-8-29-15(10-26)11-27-19-17(23-24-27)18(21-12-22-19)25-5-3-4-6-25;3-2(4,5)1(6)7/h9,12,15H,3-8,10-11H2,1-2H3;(H,6,7). The van der Waals surface area contributed by atoms with Crippen molar-refractivity contribution in [1.82, 2.24) is 29.9 Å². The molecule has 2 aliphatic heterocycles. The van der Waals surface area contributed by atoms with Gasteiger partial charge in [0.05, 0.1) is 24.8 Å². The molecule has 2 fully saturated rings. The summed E-state index contributed by atoms with van der Waals surface area (Å²) in [7, 11) is 0. The lowest BCUT2D eigenvalue weighted by molar-refractivity contribution is -0.192. The van der Waals surface area contributed by atoms with Gasteiger partial charge in [-0.15, -0.1) is 5.10 Å². The fourth-order valence-electron chi connectivity index (χ4n) is 4.28. The number of anilines is 1. The average molecular weight is 525 g/mol. The molecular weight excluding hydrogens is 499 g/mol. The number of carboxylic acid groups (broad SMARTS) is 1. The van der Waals surface area contributed by atoms with Gasteiger partial charge in [-0.3, -0.25) is 4.79 Å². The van der Waals surface area contributed by atoms with Crippen LogP contribution in [0.3, 0.4) is 0 Å². The molecule has 0 spiro atoms. The molecule has 37 heavy (non-hydrogen) atoms. The SMILES string of the molecule is Cc1cc(C(=O)N2CCOC(Cn3nnc4c(N5CCCC5)ncnc43)C2)c(C)o1.O=C(O)C(F)(F)F. The van der Waals surface area contributed by atoms with E-state index in [1.807, 2.05) is 18.7 Å². The van der Waals surface area contributed by atoms with Crippen LogP contribution in [0.15, 0.2) is 16.8 Å². The molecule has 5 rings (SSSR count). The summed E-state index contributed by atoms with van der Waals surface area (Å²) in [5.41, 5.74) is 2.02. The first-order valence-corrected chi connectivity index (χ1v) is 11.6. The molecule has 0 saturated carbocycles. The molecule has 3 aromatic rings. The molecular formula is C22H26F3N7O5. The van der Waals surface area contributed by atoms with E-state index in [0.29, 0.717) is 48.7 Å². The number of carbonyl (C=O) groups is 2. The largest absolute Gasteiger partial charge is 0.490 e. The molecule has 1 atom stereocenters. The summed E-state index contributed by atoms with van der Waals surface area (Å²) >= 11 is 0. The number of furan rings is 1. The first-order valence-electron chi connectivity index (χ1n) is 11.6. The molecule has 3 aromatic heterocycles. The second kappa shape index (κ2) is 10.7. The van der Waals surface area contributed by atoms with Crippen molar-refractivity contribution in [3.8, 4) is 0 Å². The second-order valence-corrected chi connectivity index (χ2v) is 8.71. The van der Waals surface area contributed by atoms with Crippen LogP contribution in [0.2, 0.25) is 0 Å². The molecule has 2 aliphatic rings. The summed E-state index contributed by atoms with van der Waals surface area (Å²) < 4.78 is 44.9. The van der Waals surface area contributed by atoms with Gasteiger partial charge in [0.2, 0.25) is 0 Å². The normalized spacial score (nSPS) is 18.1. The van der Waals surface area contributed by atoms with E-state index in [4.69, 9.17) is 19.1 Å². The molecule has 1 N–H and O–H groups in total. The smallest absolute Gasteiger partial charge is 0.475 e. The fraction of sp³-hybridized carbons (Fsp3) is 0.545. The zero-order valence-corrected chi connectivity index (χ0v) is 20.2. The Morgan fingerprint density at radius 2 is 1.86 bits per heavy atom. The lowest BCUT2D eigenvalue weighted by Gasteiger charge is -2.32. The van der Waals surface area contributed by atoms with Gasteiger partial charge in [0.25, 0.3) is 5.91 Å². The molecule has 1 amide bonds. The predicted molar refractivity (Wildman–Crippen MR) is 122 cm³/mol. The second-order valence-electron chi connectivity index (χ2n) is 8.71. The van der Waals surface area contributed by atoms with Gasteiger partial charge in [-0.2, -0.15) is 13.2 Å². The molecule has 5 heterocycles. The first kappa shape index (κ1) is 26.3. The zero-order chi connectivity index (χ0) is 26.7. The van der Waals surface area contributed by atoms with Crippen LogP contribution in [-0.2, 0) is 16.1 Å². The van der Waals surface area contributed by atoms with Crippen LogP contribution in [0, 0.1) is 13.8 Å². The summed E-state index contributed by atoms with van der Waals surface area (Å²) in [6.07, 6.45) is -1.38. The molecule has 15 heteroatoms. The number of alkyl halides is 3. The topological polar surface area (TPSA) is 140 Å². The first-order chi connectivity index (χ1) is 17.5. The number of aromatic nitrogens is 5. The van der Waals surface area contributed by atoms with Gasteiger partial charge in [0.1, 0.15) is 17.8 Å². The van der Waals surface area contributed by atoms with E-state index in [-0.39, 0.29) is 12.0 Å². The van der Waals surface area contributed by atoms with Gasteiger partial charge in [0.15, 0.2) is 17.0 Å².